The molecule has 4 nitrogen and oxygen atoms in total. The third kappa shape index (κ3) is 5.86. The molecule has 140 valence electrons. The van der Waals surface area contributed by atoms with Crippen LogP contribution in [0.1, 0.15) is 11.1 Å². The molecule has 0 atom stereocenters. The highest BCUT2D eigenvalue weighted by Crippen LogP contribution is 2.24. The number of para-hydroxylation sites is 1. The molecule has 1 heterocycles. The molecule has 26 heavy (non-hydrogen) atoms. The highest BCUT2D eigenvalue weighted by molar-refractivity contribution is 6.35. The van der Waals surface area contributed by atoms with Crippen molar-refractivity contribution in [3.05, 3.63) is 63.6 Å². The maximum Gasteiger partial charge on any atom is 0.124 e. The molecule has 0 saturated carbocycles. The van der Waals surface area contributed by atoms with Gasteiger partial charge in [-0.25, -0.2) is 0 Å². The van der Waals surface area contributed by atoms with Gasteiger partial charge in [0.2, 0.25) is 0 Å². The summed E-state index contributed by atoms with van der Waals surface area (Å²) in [6.45, 7) is 6.88. The molecular formula is C20H24Cl2N2O2. The Hall–Kier alpha value is -1.30. The van der Waals surface area contributed by atoms with E-state index in [0.29, 0.717) is 16.7 Å². The van der Waals surface area contributed by atoms with Crippen LogP contribution in [0.3, 0.4) is 0 Å². The van der Waals surface area contributed by atoms with Crippen LogP contribution in [0.2, 0.25) is 10.0 Å². The van der Waals surface area contributed by atoms with E-state index in [2.05, 4.69) is 16.3 Å². The number of nitrogens with one attached hydrogen (secondary N) is 1. The molecule has 1 fully saturated rings. The smallest absolute Gasteiger partial charge is 0.124 e. The quantitative estimate of drug-likeness (QED) is 0.686. The number of nitrogens with zero attached hydrogens (tertiary/aromatic N) is 1. The van der Waals surface area contributed by atoms with E-state index in [4.69, 9.17) is 32.7 Å². The molecule has 0 aliphatic carbocycles. The molecule has 3 rings (SSSR count). The predicted molar refractivity (Wildman–Crippen MR) is 106 cm³/mol. The number of morpholine rings is 1. The number of hydrogen-bond donors (Lipinski definition) is 1. The first-order chi connectivity index (χ1) is 12.7. The molecule has 6 heteroatoms. The zero-order chi connectivity index (χ0) is 18.2. The topological polar surface area (TPSA) is 33.7 Å². The van der Waals surface area contributed by atoms with Crippen LogP contribution in [-0.4, -0.2) is 44.3 Å². The minimum atomic E-state index is 0.417. The highest BCUT2D eigenvalue weighted by atomic mass is 35.5. The summed E-state index contributed by atoms with van der Waals surface area (Å²) in [7, 11) is 0. The zero-order valence-electron chi connectivity index (χ0n) is 14.7. The number of ether oxygens (including phenoxy) is 2. The first kappa shape index (κ1) is 19.5. The molecule has 2 aromatic carbocycles. The number of halogens is 2. The van der Waals surface area contributed by atoms with Crippen LogP contribution < -0.4 is 10.1 Å². The molecule has 0 unspecified atom stereocenters. The lowest BCUT2D eigenvalue weighted by atomic mass is 10.2. The fourth-order valence-corrected chi connectivity index (χ4v) is 3.33. The van der Waals surface area contributed by atoms with Crippen molar-refractivity contribution in [2.24, 2.45) is 0 Å². The molecule has 0 spiro atoms. The molecule has 1 aliphatic rings. The molecule has 0 amide bonds. The normalized spacial score (nSPS) is 15.2. The molecule has 0 radical (unpaired) electrons. The number of benzene rings is 2. The van der Waals surface area contributed by atoms with Gasteiger partial charge in [-0.2, -0.15) is 0 Å². The maximum absolute atomic E-state index is 6.22. The summed E-state index contributed by atoms with van der Waals surface area (Å²) in [6, 6.07) is 13.5. The van der Waals surface area contributed by atoms with E-state index in [-0.39, 0.29) is 0 Å². The fraction of sp³-hybridized carbons (Fsp3) is 0.400. The van der Waals surface area contributed by atoms with Crippen LogP contribution in [0.25, 0.3) is 0 Å². The van der Waals surface area contributed by atoms with E-state index in [9.17, 15) is 0 Å². The Balaban J connectivity index is 1.49. The van der Waals surface area contributed by atoms with Crippen molar-refractivity contribution in [3.63, 3.8) is 0 Å². The lowest BCUT2D eigenvalue weighted by Crippen LogP contribution is -2.40. The van der Waals surface area contributed by atoms with Gasteiger partial charge in [0.25, 0.3) is 0 Å². The van der Waals surface area contributed by atoms with Gasteiger partial charge in [0, 0.05) is 53.9 Å². The Morgan fingerprint density at radius 3 is 2.65 bits per heavy atom. The Bertz CT molecular complexity index is 706. The van der Waals surface area contributed by atoms with Crippen LogP contribution in [0.5, 0.6) is 5.75 Å². The summed E-state index contributed by atoms with van der Waals surface area (Å²) < 4.78 is 11.4. The first-order valence-corrected chi connectivity index (χ1v) is 9.63. The highest BCUT2D eigenvalue weighted by Gasteiger charge is 2.10. The third-order valence-corrected chi connectivity index (χ3v) is 4.98. The summed E-state index contributed by atoms with van der Waals surface area (Å²) in [6.07, 6.45) is 0. The number of rotatable bonds is 8. The van der Waals surface area contributed by atoms with Gasteiger partial charge in [-0.05, 0) is 18.2 Å². The SMILES string of the molecule is Clc1ccc(COc2ccccc2CNCCN2CCOCC2)c(Cl)c1. The molecule has 0 aromatic heterocycles. The average Bonchev–Trinajstić information content (AvgIpc) is 2.66. The van der Waals surface area contributed by atoms with Crippen LogP contribution in [-0.2, 0) is 17.9 Å². The van der Waals surface area contributed by atoms with Gasteiger partial charge < -0.3 is 14.8 Å². The average molecular weight is 395 g/mol. The maximum atomic E-state index is 6.22. The standard InChI is InChI=1S/C20H24Cl2N2O2/c21-18-6-5-17(19(22)13-18)15-26-20-4-2-1-3-16(20)14-23-7-8-24-9-11-25-12-10-24/h1-6,13,23H,7-12,14-15H2. The van der Waals surface area contributed by atoms with E-state index in [1.165, 1.54) is 0 Å². The van der Waals surface area contributed by atoms with Crippen molar-refractivity contribution < 1.29 is 9.47 Å². The Labute approximate surface area is 165 Å². The monoisotopic (exact) mass is 394 g/mol. The summed E-state index contributed by atoms with van der Waals surface area (Å²) in [5.41, 5.74) is 2.06. The van der Waals surface area contributed by atoms with E-state index in [1.807, 2.05) is 30.3 Å². The minimum absolute atomic E-state index is 0.417. The van der Waals surface area contributed by atoms with Crippen molar-refractivity contribution in [2.45, 2.75) is 13.2 Å². The van der Waals surface area contributed by atoms with E-state index in [0.717, 1.165) is 62.8 Å². The second kappa shape index (κ2) is 10.1. The van der Waals surface area contributed by atoms with Gasteiger partial charge in [-0.1, -0.05) is 47.5 Å². The van der Waals surface area contributed by atoms with Gasteiger partial charge in [-0.15, -0.1) is 0 Å². The van der Waals surface area contributed by atoms with E-state index in [1.54, 1.807) is 6.07 Å². The van der Waals surface area contributed by atoms with Crippen molar-refractivity contribution in [1.82, 2.24) is 10.2 Å². The van der Waals surface area contributed by atoms with Gasteiger partial charge in [0.15, 0.2) is 0 Å². The van der Waals surface area contributed by atoms with Crippen LogP contribution >= 0.6 is 23.2 Å². The Morgan fingerprint density at radius 2 is 1.85 bits per heavy atom. The summed E-state index contributed by atoms with van der Waals surface area (Å²) >= 11 is 12.2. The summed E-state index contributed by atoms with van der Waals surface area (Å²) in [5, 5.41) is 4.75. The summed E-state index contributed by atoms with van der Waals surface area (Å²) in [4.78, 5) is 2.42. The van der Waals surface area contributed by atoms with E-state index < -0.39 is 0 Å². The zero-order valence-corrected chi connectivity index (χ0v) is 16.2. The molecule has 0 bridgehead atoms. The summed E-state index contributed by atoms with van der Waals surface area (Å²) in [5.74, 6) is 0.873. The third-order valence-electron chi connectivity index (χ3n) is 4.39. The first-order valence-electron chi connectivity index (χ1n) is 8.88. The molecular weight excluding hydrogens is 371 g/mol. The Morgan fingerprint density at radius 1 is 1.04 bits per heavy atom. The lowest BCUT2D eigenvalue weighted by molar-refractivity contribution is 0.0384. The van der Waals surface area contributed by atoms with Gasteiger partial charge in [0.1, 0.15) is 12.4 Å². The van der Waals surface area contributed by atoms with Crippen molar-refractivity contribution in [2.75, 3.05) is 39.4 Å². The second-order valence-electron chi connectivity index (χ2n) is 6.26. The van der Waals surface area contributed by atoms with Crippen molar-refractivity contribution >= 4 is 23.2 Å². The molecule has 2 aromatic rings. The molecule has 1 aliphatic heterocycles. The molecule has 1 saturated heterocycles. The second-order valence-corrected chi connectivity index (χ2v) is 7.11. The van der Waals surface area contributed by atoms with Gasteiger partial charge in [0.05, 0.1) is 13.2 Å². The fourth-order valence-electron chi connectivity index (χ4n) is 2.87. The number of hydrogen-bond acceptors (Lipinski definition) is 4. The van der Waals surface area contributed by atoms with Gasteiger partial charge >= 0.3 is 0 Å². The lowest BCUT2D eigenvalue weighted by Gasteiger charge is -2.26. The Kier molecular flexibility index (Phi) is 7.59. The largest absolute Gasteiger partial charge is 0.489 e. The molecule has 1 N–H and O–H groups in total. The van der Waals surface area contributed by atoms with Crippen molar-refractivity contribution in [3.8, 4) is 5.75 Å². The van der Waals surface area contributed by atoms with Crippen LogP contribution in [0.4, 0.5) is 0 Å². The van der Waals surface area contributed by atoms with Crippen molar-refractivity contribution in [1.29, 1.82) is 0 Å². The van der Waals surface area contributed by atoms with E-state index >= 15 is 0 Å². The minimum Gasteiger partial charge on any atom is -0.489 e. The predicted octanol–water partition coefficient (Wildman–Crippen LogP) is 3.99. The van der Waals surface area contributed by atoms with Crippen LogP contribution in [0, 0.1) is 0 Å². The van der Waals surface area contributed by atoms with Crippen LogP contribution in [0.15, 0.2) is 42.5 Å². The van der Waals surface area contributed by atoms with Gasteiger partial charge in [-0.3, -0.25) is 4.90 Å².